The maximum absolute atomic E-state index is 2.40. The lowest BCUT2D eigenvalue weighted by molar-refractivity contribution is 0.289. The predicted molar refractivity (Wildman–Crippen MR) is 64.0 cm³/mol. The molecular formula is C13H18N2. The van der Waals surface area contributed by atoms with Gasteiger partial charge in [-0.25, -0.2) is 0 Å². The van der Waals surface area contributed by atoms with E-state index in [4.69, 9.17) is 0 Å². The summed E-state index contributed by atoms with van der Waals surface area (Å²) in [7, 11) is 0. The minimum Gasteiger partial charge on any atom is -0.358 e. The van der Waals surface area contributed by atoms with Crippen LogP contribution in [0.4, 0.5) is 0 Å². The molecule has 1 aliphatic rings. The Morgan fingerprint density at radius 1 is 1.07 bits per heavy atom. The fourth-order valence-corrected chi connectivity index (χ4v) is 1.92. The van der Waals surface area contributed by atoms with Gasteiger partial charge in [-0.2, -0.15) is 0 Å². The zero-order chi connectivity index (χ0) is 10.7. The number of rotatable bonds is 3. The first-order valence-electron chi connectivity index (χ1n) is 5.61. The molecule has 2 nitrogen and oxygen atoms in total. The molecule has 0 saturated heterocycles. The Hall–Kier alpha value is -1.44. The van der Waals surface area contributed by atoms with Crippen LogP contribution in [0.5, 0.6) is 0 Å². The highest BCUT2D eigenvalue weighted by Gasteiger charge is 2.18. The molecule has 0 fully saturated rings. The van der Waals surface area contributed by atoms with E-state index >= 15 is 0 Å². The van der Waals surface area contributed by atoms with E-state index in [1.165, 1.54) is 11.3 Å². The molecule has 1 aromatic carbocycles. The minimum absolute atomic E-state index is 1.03. The number of benzene rings is 1. The van der Waals surface area contributed by atoms with Crippen molar-refractivity contribution in [2.45, 2.75) is 13.8 Å². The smallest absolute Gasteiger partial charge is 0.0898 e. The molecule has 0 unspecified atom stereocenters. The first-order chi connectivity index (χ1) is 7.35. The summed E-state index contributed by atoms with van der Waals surface area (Å²) in [5.41, 5.74) is 2.66. The summed E-state index contributed by atoms with van der Waals surface area (Å²) in [6.45, 7) is 7.56. The van der Waals surface area contributed by atoms with Crippen molar-refractivity contribution in [3.8, 4) is 0 Å². The summed E-state index contributed by atoms with van der Waals surface area (Å²) in [6.07, 6.45) is 2.26. The van der Waals surface area contributed by atoms with Crippen molar-refractivity contribution < 1.29 is 0 Å². The molecule has 0 aromatic heterocycles. The van der Waals surface area contributed by atoms with Crippen LogP contribution in [-0.2, 0) is 0 Å². The topological polar surface area (TPSA) is 6.48 Å². The van der Waals surface area contributed by atoms with Crippen LogP contribution < -0.4 is 0 Å². The Morgan fingerprint density at radius 2 is 1.80 bits per heavy atom. The van der Waals surface area contributed by atoms with Crippen LogP contribution in [0, 0.1) is 0 Å². The van der Waals surface area contributed by atoms with Crippen molar-refractivity contribution in [2.75, 3.05) is 19.8 Å². The van der Waals surface area contributed by atoms with E-state index in [2.05, 4.69) is 60.2 Å². The number of hydrogen-bond donors (Lipinski definition) is 0. The van der Waals surface area contributed by atoms with Gasteiger partial charge in [0, 0.05) is 19.3 Å². The zero-order valence-corrected chi connectivity index (χ0v) is 9.48. The maximum atomic E-state index is 2.40. The van der Waals surface area contributed by atoms with E-state index < -0.39 is 0 Å². The molecule has 0 radical (unpaired) electrons. The van der Waals surface area contributed by atoms with Gasteiger partial charge in [0.2, 0.25) is 0 Å². The quantitative estimate of drug-likeness (QED) is 0.743. The molecule has 2 rings (SSSR count). The molecule has 0 N–H and O–H groups in total. The van der Waals surface area contributed by atoms with Gasteiger partial charge in [-0.1, -0.05) is 30.3 Å². The molecule has 1 aromatic rings. The second-order valence-corrected chi connectivity index (χ2v) is 3.78. The largest absolute Gasteiger partial charge is 0.358 e. The molecule has 0 bridgehead atoms. The summed E-state index contributed by atoms with van der Waals surface area (Å²) in [6, 6.07) is 10.6. The van der Waals surface area contributed by atoms with Crippen molar-refractivity contribution in [1.82, 2.24) is 9.80 Å². The Balaban J connectivity index is 2.27. The Bertz CT molecular complexity index is 343. The summed E-state index contributed by atoms with van der Waals surface area (Å²) in [4.78, 5) is 4.74. The average molecular weight is 202 g/mol. The normalized spacial score (nSPS) is 15.7. The average Bonchev–Trinajstić information content (AvgIpc) is 2.73. The Kier molecular flexibility index (Phi) is 2.95. The minimum atomic E-state index is 1.03. The van der Waals surface area contributed by atoms with Gasteiger partial charge in [0.25, 0.3) is 0 Å². The van der Waals surface area contributed by atoms with Gasteiger partial charge in [0.15, 0.2) is 0 Å². The first kappa shape index (κ1) is 10.1. The highest BCUT2D eigenvalue weighted by molar-refractivity contribution is 5.65. The third-order valence-electron chi connectivity index (χ3n) is 2.86. The fourth-order valence-electron chi connectivity index (χ4n) is 1.92. The van der Waals surface area contributed by atoms with Gasteiger partial charge in [-0.05, 0) is 19.4 Å². The van der Waals surface area contributed by atoms with Crippen molar-refractivity contribution in [3.05, 3.63) is 42.1 Å². The molecule has 80 valence electrons. The van der Waals surface area contributed by atoms with Gasteiger partial charge in [0.05, 0.1) is 12.4 Å². The summed E-state index contributed by atoms with van der Waals surface area (Å²) in [5, 5.41) is 0. The van der Waals surface area contributed by atoms with E-state index in [-0.39, 0.29) is 0 Å². The molecule has 2 heteroatoms. The highest BCUT2D eigenvalue weighted by atomic mass is 15.3. The third kappa shape index (κ3) is 1.99. The van der Waals surface area contributed by atoms with Crippen LogP contribution in [0.15, 0.2) is 36.5 Å². The van der Waals surface area contributed by atoms with E-state index in [0.717, 1.165) is 19.8 Å². The number of nitrogens with zero attached hydrogens (tertiary/aromatic N) is 2. The lowest BCUT2D eigenvalue weighted by atomic mass is 10.1. The molecule has 0 aliphatic carbocycles. The maximum Gasteiger partial charge on any atom is 0.0898 e. The SMILES string of the molecule is CCN1C=C(c2ccccc2)N(CC)C1. The second kappa shape index (κ2) is 4.39. The van der Waals surface area contributed by atoms with Crippen LogP contribution >= 0.6 is 0 Å². The van der Waals surface area contributed by atoms with E-state index in [1.54, 1.807) is 0 Å². The first-order valence-corrected chi connectivity index (χ1v) is 5.61. The summed E-state index contributed by atoms with van der Waals surface area (Å²) in [5.74, 6) is 0. The Labute approximate surface area is 91.8 Å². The molecule has 1 aliphatic heterocycles. The van der Waals surface area contributed by atoms with Crippen molar-refractivity contribution in [1.29, 1.82) is 0 Å². The molecular weight excluding hydrogens is 184 g/mol. The summed E-state index contributed by atoms with van der Waals surface area (Å²) >= 11 is 0. The second-order valence-electron chi connectivity index (χ2n) is 3.78. The van der Waals surface area contributed by atoms with E-state index in [1.807, 2.05) is 0 Å². The van der Waals surface area contributed by atoms with Gasteiger partial charge < -0.3 is 9.80 Å². The monoisotopic (exact) mass is 202 g/mol. The van der Waals surface area contributed by atoms with Crippen LogP contribution in [0.3, 0.4) is 0 Å². The van der Waals surface area contributed by atoms with Crippen LogP contribution in [0.2, 0.25) is 0 Å². The molecule has 15 heavy (non-hydrogen) atoms. The number of hydrogen-bond acceptors (Lipinski definition) is 2. The standard InChI is InChI=1S/C13H18N2/c1-3-14-10-13(15(4-2)11-14)12-8-6-5-7-9-12/h5-10H,3-4,11H2,1-2H3. The van der Waals surface area contributed by atoms with Crippen molar-refractivity contribution >= 4 is 5.70 Å². The van der Waals surface area contributed by atoms with Crippen LogP contribution in [0.1, 0.15) is 19.4 Å². The van der Waals surface area contributed by atoms with Gasteiger partial charge in [-0.15, -0.1) is 0 Å². The summed E-state index contributed by atoms with van der Waals surface area (Å²) < 4.78 is 0. The third-order valence-corrected chi connectivity index (χ3v) is 2.86. The van der Waals surface area contributed by atoms with E-state index in [0.29, 0.717) is 0 Å². The van der Waals surface area contributed by atoms with Crippen molar-refractivity contribution in [2.24, 2.45) is 0 Å². The molecule has 0 saturated carbocycles. The Morgan fingerprint density at radius 3 is 2.40 bits per heavy atom. The predicted octanol–water partition coefficient (Wildman–Crippen LogP) is 2.60. The molecule has 0 amide bonds. The van der Waals surface area contributed by atoms with Gasteiger partial charge in [-0.3, -0.25) is 0 Å². The van der Waals surface area contributed by atoms with E-state index in [9.17, 15) is 0 Å². The zero-order valence-electron chi connectivity index (χ0n) is 9.48. The van der Waals surface area contributed by atoms with Gasteiger partial charge in [0.1, 0.15) is 0 Å². The lowest BCUT2D eigenvalue weighted by Crippen LogP contribution is -2.26. The van der Waals surface area contributed by atoms with Gasteiger partial charge >= 0.3 is 0 Å². The van der Waals surface area contributed by atoms with Crippen LogP contribution in [-0.4, -0.2) is 29.6 Å². The molecule has 0 spiro atoms. The lowest BCUT2D eigenvalue weighted by Gasteiger charge is -2.21. The van der Waals surface area contributed by atoms with Crippen LogP contribution in [0.25, 0.3) is 5.70 Å². The van der Waals surface area contributed by atoms with Crippen molar-refractivity contribution in [3.63, 3.8) is 0 Å². The molecule has 1 heterocycles. The molecule has 0 atom stereocenters. The highest BCUT2D eigenvalue weighted by Crippen LogP contribution is 2.24. The fraction of sp³-hybridized carbons (Fsp3) is 0.385.